The van der Waals surface area contributed by atoms with E-state index in [1.807, 2.05) is 78.5 Å². The van der Waals surface area contributed by atoms with Crippen LogP contribution in [0.5, 0.6) is 0 Å². The van der Waals surface area contributed by atoms with E-state index in [1.54, 1.807) is 6.20 Å². The molecule has 2 heterocycles. The third-order valence-electron chi connectivity index (χ3n) is 6.70. The second-order valence-electron chi connectivity index (χ2n) is 9.55. The van der Waals surface area contributed by atoms with Crippen LogP contribution in [0.15, 0.2) is 85.1 Å². The van der Waals surface area contributed by atoms with Crippen molar-refractivity contribution in [1.82, 2.24) is 4.98 Å². The topological polar surface area (TPSA) is 65.5 Å². The predicted molar refractivity (Wildman–Crippen MR) is 149 cm³/mol. The van der Waals surface area contributed by atoms with Crippen LogP contribution in [0.25, 0.3) is 11.1 Å². The number of aromatic nitrogens is 1. The van der Waals surface area contributed by atoms with Crippen molar-refractivity contribution in [3.05, 3.63) is 107 Å². The summed E-state index contributed by atoms with van der Waals surface area (Å²) in [5, 5.41) is 3.09. The molecule has 0 unspecified atom stereocenters. The Morgan fingerprint density at radius 3 is 2.51 bits per heavy atom. The molecule has 0 spiro atoms. The number of carbonyl (C=O) groups is 2. The minimum absolute atomic E-state index is 0.0254. The Morgan fingerprint density at radius 2 is 1.78 bits per heavy atom. The molecule has 1 aromatic heterocycles. The van der Waals surface area contributed by atoms with Crippen LogP contribution in [-0.2, 0) is 17.6 Å². The highest BCUT2D eigenvalue weighted by Gasteiger charge is 2.26. The zero-order valence-corrected chi connectivity index (χ0v) is 21.4. The third-order valence-corrected chi connectivity index (χ3v) is 6.70. The maximum Gasteiger partial charge on any atom is 0.256 e. The highest BCUT2D eigenvalue weighted by atomic mass is 16.2. The van der Waals surface area contributed by atoms with E-state index in [2.05, 4.69) is 41.5 Å². The summed E-state index contributed by atoms with van der Waals surface area (Å²) in [6.07, 6.45) is 2.72. The van der Waals surface area contributed by atoms with E-state index in [1.165, 1.54) is 5.56 Å². The van der Waals surface area contributed by atoms with Crippen LogP contribution >= 0.6 is 0 Å². The van der Waals surface area contributed by atoms with Crippen molar-refractivity contribution in [2.24, 2.45) is 0 Å². The van der Waals surface area contributed by atoms with E-state index in [-0.39, 0.29) is 18.2 Å². The van der Waals surface area contributed by atoms with Gasteiger partial charge in [-0.25, -0.2) is 0 Å². The number of anilines is 3. The summed E-state index contributed by atoms with van der Waals surface area (Å²) in [7, 11) is 3.96. The fourth-order valence-corrected chi connectivity index (χ4v) is 4.82. The molecule has 0 saturated carbocycles. The lowest BCUT2D eigenvalue weighted by molar-refractivity contribution is -0.117. The van der Waals surface area contributed by atoms with Crippen molar-refractivity contribution in [3.63, 3.8) is 0 Å². The zero-order chi connectivity index (χ0) is 25.9. The number of nitrogens with zero attached hydrogens (tertiary/aromatic N) is 3. The van der Waals surface area contributed by atoms with Crippen molar-refractivity contribution in [1.29, 1.82) is 0 Å². The van der Waals surface area contributed by atoms with Crippen LogP contribution in [0, 0.1) is 6.92 Å². The number of hydrogen-bond donors (Lipinski definition) is 1. The molecule has 0 radical (unpaired) electrons. The third kappa shape index (κ3) is 5.09. The molecule has 4 aromatic rings. The fraction of sp³-hybridized carbons (Fsp3) is 0.194. The molecule has 1 N–H and O–H groups in total. The SMILES string of the molecule is Cc1ccc(-c2c(C(=O)Nc3ccc4c(c3)CCN4C(=O)Cc3ccccn3)cccc2N(C)C)cc1. The van der Waals surface area contributed by atoms with Crippen LogP contribution < -0.4 is 15.1 Å². The van der Waals surface area contributed by atoms with Crippen molar-refractivity contribution in [3.8, 4) is 11.1 Å². The normalized spacial score (nSPS) is 12.2. The maximum atomic E-state index is 13.5. The van der Waals surface area contributed by atoms with Crippen molar-refractivity contribution in [2.75, 3.05) is 35.8 Å². The molecule has 0 fully saturated rings. The van der Waals surface area contributed by atoms with Gasteiger partial charge < -0.3 is 15.1 Å². The Balaban J connectivity index is 1.39. The van der Waals surface area contributed by atoms with E-state index in [9.17, 15) is 9.59 Å². The molecular weight excluding hydrogens is 460 g/mol. The molecule has 0 atom stereocenters. The molecule has 186 valence electrons. The minimum Gasteiger partial charge on any atom is -0.377 e. The molecule has 6 nitrogen and oxygen atoms in total. The number of benzene rings is 3. The Kier molecular flexibility index (Phi) is 6.73. The van der Waals surface area contributed by atoms with E-state index in [0.29, 0.717) is 17.8 Å². The van der Waals surface area contributed by atoms with Gasteiger partial charge in [0.15, 0.2) is 0 Å². The minimum atomic E-state index is -0.166. The second kappa shape index (κ2) is 10.3. The Labute approximate surface area is 217 Å². The quantitative estimate of drug-likeness (QED) is 0.387. The molecule has 5 rings (SSSR count). The number of fused-ring (bicyclic) bond motifs is 1. The van der Waals surface area contributed by atoms with E-state index in [4.69, 9.17) is 0 Å². The van der Waals surface area contributed by atoms with Gasteiger partial charge in [0.1, 0.15) is 0 Å². The first-order valence-electron chi connectivity index (χ1n) is 12.4. The van der Waals surface area contributed by atoms with Crippen molar-refractivity contribution in [2.45, 2.75) is 19.8 Å². The molecule has 1 aliphatic rings. The lowest BCUT2D eigenvalue weighted by atomic mass is 9.95. The highest BCUT2D eigenvalue weighted by molar-refractivity contribution is 6.11. The van der Waals surface area contributed by atoms with Gasteiger partial charge in [-0.3, -0.25) is 14.6 Å². The van der Waals surface area contributed by atoms with Gasteiger partial charge in [-0.15, -0.1) is 0 Å². The van der Waals surface area contributed by atoms with Gasteiger partial charge in [0.25, 0.3) is 5.91 Å². The molecule has 0 bridgehead atoms. The van der Waals surface area contributed by atoms with Gasteiger partial charge in [0, 0.05) is 60.7 Å². The smallest absolute Gasteiger partial charge is 0.256 e. The van der Waals surface area contributed by atoms with Gasteiger partial charge in [0.05, 0.1) is 6.42 Å². The first kappa shape index (κ1) is 24.3. The summed E-state index contributed by atoms with van der Waals surface area (Å²) >= 11 is 0. The summed E-state index contributed by atoms with van der Waals surface area (Å²) < 4.78 is 0. The lowest BCUT2D eigenvalue weighted by Gasteiger charge is -2.21. The number of aryl methyl sites for hydroxylation is 1. The van der Waals surface area contributed by atoms with Crippen molar-refractivity contribution >= 4 is 28.9 Å². The molecular formula is C31H30N4O2. The van der Waals surface area contributed by atoms with E-state index >= 15 is 0 Å². The maximum absolute atomic E-state index is 13.5. The second-order valence-corrected chi connectivity index (χ2v) is 9.55. The lowest BCUT2D eigenvalue weighted by Crippen LogP contribution is -2.30. The number of hydrogen-bond acceptors (Lipinski definition) is 4. The van der Waals surface area contributed by atoms with Crippen LogP contribution in [-0.4, -0.2) is 37.4 Å². The van der Waals surface area contributed by atoms with Gasteiger partial charge in [-0.05, 0) is 66.9 Å². The van der Waals surface area contributed by atoms with Gasteiger partial charge in [-0.2, -0.15) is 0 Å². The van der Waals surface area contributed by atoms with Gasteiger partial charge in [-0.1, -0.05) is 42.0 Å². The van der Waals surface area contributed by atoms with Crippen LogP contribution in [0.3, 0.4) is 0 Å². The largest absolute Gasteiger partial charge is 0.377 e. The molecule has 0 saturated heterocycles. The summed E-state index contributed by atoms with van der Waals surface area (Å²) in [4.78, 5) is 34.6. The first-order valence-corrected chi connectivity index (χ1v) is 12.4. The van der Waals surface area contributed by atoms with Crippen LogP contribution in [0.1, 0.15) is 27.2 Å². The number of carbonyl (C=O) groups excluding carboxylic acids is 2. The van der Waals surface area contributed by atoms with Crippen LogP contribution in [0.2, 0.25) is 0 Å². The van der Waals surface area contributed by atoms with E-state index < -0.39 is 0 Å². The summed E-state index contributed by atoms with van der Waals surface area (Å²) in [5.41, 5.74) is 8.08. The average Bonchev–Trinajstić information content (AvgIpc) is 3.33. The highest BCUT2D eigenvalue weighted by Crippen LogP contribution is 2.35. The zero-order valence-electron chi connectivity index (χ0n) is 21.4. The molecule has 0 aliphatic carbocycles. The molecule has 3 aromatic carbocycles. The number of pyridine rings is 1. The molecule has 2 amide bonds. The van der Waals surface area contributed by atoms with Gasteiger partial charge in [0.2, 0.25) is 5.91 Å². The summed E-state index contributed by atoms with van der Waals surface area (Å²) in [6.45, 7) is 2.68. The number of nitrogens with one attached hydrogen (secondary N) is 1. The van der Waals surface area contributed by atoms with Crippen LogP contribution in [0.4, 0.5) is 17.1 Å². The van der Waals surface area contributed by atoms with Crippen molar-refractivity contribution < 1.29 is 9.59 Å². The molecule has 6 heteroatoms. The van der Waals surface area contributed by atoms with Gasteiger partial charge >= 0.3 is 0 Å². The first-order chi connectivity index (χ1) is 17.9. The molecule has 1 aliphatic heterocycles. The predicted octanol–water partition coefficient (Wildman–Crippen LogP) is 5.51. The Hall–Kier alpha value is -4.45. The number of rotatable bonds is 6. The summed E-state index contributed by atoms with van der Waals surface area (Å²) in [5.74, 6) is -0.141. The number of amides is 2. The fourth-order valence-electron chi connectivity index (χ4n) is 4.82. The monoisotopic (exact) mass is 490 g/mol. The summed E-state index contributed by atoms with van der Waals surface area (Å²) in [6, 6.07) is 25.4. The standard InChI is InChI=1S/C31H30N4O2/c1-21-10-12-22(13-11-21)30-26(8-6-9-28(30)34(2)3)31(37)33-25-14-15-27-23(19-25)16-18-35(27)29(36)20-24-7-4-5-17-32-24/h4-15,17,19H,16,18,20H2,1-3H3,(H,33,37). The average molecular weight is 491 g/mol. The molecule has 37 heavy (non-hydrogen) atoms. The Morgan fingerprint density at radius 1 is 0.973 bits per heavy atom. The van der Waals surface area contributed by atoms with E-state index in [0.717, 1.165) is 40.2 Å². The Bertz CT molecular complexity index is 1450.